The average molecular weight is 271 g/mol. The molecule has 0 aromatic heterocycles. The number of methoxy groups -OCH3 is 1. The van der Waals surface area contributed by atoms with E-state index in [1.807, 2.05) is 6.07 Å². The molecule has 0 heterocycles. The normalized spacial score (nSPS) is 10.7. The quantitative estimate of drug-likeness (QED) is 0.735. The van der Waals surface area contributed by atoms with Crippen LogP contribution < -0.4 is 10.2 Å². The molecule has 0 atom stereocenters. The molecule has 1 rings (SSSR count). The standard InChI is InChI=1S/C14H23ClN2O/c1-4-8-17(2)14-6-5-12(10-13(14)15)11-16-7-9-18-3/h5-6,10,16H,4,7-9,11H2,1-3H3. The minimum atomic E-state index is 0.727. The number of hydrogen-bond donors (Lipinski definition) is 1. The van der Waals surface area contributed by atoms with Crippen LogP contribution in [0.25, 0.3) is 0 Å². The first-order valence-corrected chi connectivity index (χ1v) is 6.76. The lowest BCUT2D eigenvalue weighted by Crippen LogP contribution is -2.20. The van der Waals surface area contributed by atoms with E-state index in [4.69, 9.17) is 16.3 Å². The molecule has 0 aliphatic rings. The average Bonchev–Trinajstić information content (AvgIpc) is 2.35. The number of ether oxygens (including phenoxy) is 1. The van der Waals surface area contributed by atoms with Gasteiger partial charge >= 0.3 is 0 Å². The summed E-state index contributed by atoms with van der Waals surface area (Å²) in [6.07, 6.45) is 1.12. The number of hydrogen-bond acceptors (Lipinski definition) is 3. The maximum absolute atomic E-state index is 6.31. The van der Waals surface area contributed by atoms with Crippen molar-refractivity contribution in [3.05, 3.63) is 28.8 Å². The van der Waals surface area contributed by atoms with Gasteiger partial charge in [-0.3, -0.25) is 0 Å². The van der Waals surface area contributed by atoms with Gasteiger partial charge in [-0.2, -0.15) is 0 Å². The van der Waals surface area contributed by atoms with E-state index in [-0.39, 0.29) is 0 Å². The number of rotatable bonds is 8. The fraction of sp³-hybridized carbons (Fsp3) is 0.571. The van der Waals surface area contributed by atoms with Gasteiger partial charge in [-0.15, -0.1) is 0 Å². The summed E-state index contributed by atoms with van der Waals surface area (Å²) in [5, 5.41) is 4.12. The highest BCUT2D eigenvalue weighted by Gasteiger charge is 2.06. The fourth-order valence-electron chi connectivity index (χ4n) is 1.83. The van der Waals surface area contributed by atoms with Crippen molar-refractivity contribution in [3.8, 4) is 0 Å². The Kier molecular flexibility index (Phi) is 7.09. The zero-order chi connectivity index (χ0) is 13.4. The smallest absolute Gasteiger partial charge is 0.0642 e. The van der Waals surface area contributed by atoms with E-state index in [2.05, 4.69) is 36.3 Å². The molecule has 1 N–H and O–H groups in total. The highest BCUT2D eigenvalue weighted by Crippen LogP contribution is 2.26. The predicted molar refractivity (Wildman–Crippen MR) is 78.6 cm³/mol. The van der Waals surface area contributed by atoms with Crippen molar-refractivity contribution in [2.75, 3.05) is 38.8 Å². The molecule has 0 saturated heterocycles. The Balaban J connectivity index is 2.56. The van der Waals surface area contributed by atoms with Crippen molar-refractivity contribution in [3.63, 3.8) is 0 Å². The van der Waals surface area contributed by atoms with E-state index >= 15 is 0 Å². The van der Waals surface area contributed by atoms with Crippen LogP contribution in [0.15, 0.2) is 18.2 Å². The summed E-state index contributed by atoms with van der Waals surface area (Å²) in [5.74, 6) is 0. The summed E-state index contributed by atoms with van der Waals surface area (Å²) in [4.78, 5) is 2.18. The van der Waals surface area contributed by atoms with Gasteiger partial charge in [-0.25, -0.2) is 0 Å². The maximum Gasteiger partial charge on any atom is 0.0642 e. The molecule has 4 heteroatoms. The van der Waals surface area contributed by atoms with Gasteiger partial charge in [0, 0.05) is 33.8 Å². The van der Waals surface area contributed by atoms with Crippen LogP contribution in [0.1, 0.15) is 18.9 Å². The summed E-state index contributed by atoms with van der Waals surface area (Å²) in [7, 11) is 3.78. The molecule has 0 fully saturated rings. The lowest BCUT2D eigenvalue weighted by molar-refractivity contribution is 0.199. The minimum Gasteiger partial charge on any atom is -0.383 e. The zero-order valence-corrected chi connectivity index (χ0v) is 12.3. The van der Waals surface area contributed by atoms with Crippen LogP contribution in [0.2, 0.25) is 5.02 Å². The van der Waals surface area contributed by atoms with E-state index in [1.54, 1.807) is 7.11 Å². The molecule has 0 amide bonds. The SMILES string of the molecule is CCCN(C)c1ccc(CNCCOC)cc1Cl. The van der Waals surface area contributed by atoms with Crippen molar-refractivity contribution in [1.82, 2.24) is 5.32 Å². The Morgan fingerprint density at radius 1 is 1.39 bits per heavy atom. The Hall–Kier alpha value is -0.770. The number of benzene rings is 1. The lowest BCUT2D eigenvalue weighted by Gasteiger charge is -2.20. The molecule has 0 aliphatic carbocycles. The van der Waals surface area contributed by atoms with Crippen LogP contribution in [-0.2, 0) is 11.3 Å². The second-order valence-electron chi connectivity index (χ2n) is 4.38. The molecule has 0 unspecified atom stereocenters. The summed E-state index contributed by atoms with van der Waals surface area (Å²) < 4.78 is 4.99. The molecule has 1 aromatic carbocycles. The van der Waals surface area contributed by atoms with Crippen LogP contribution in [0.5, 0.6) is 0 Å². The number of nitrogens with zero attached hydrogens (tertiary/aromatic N) is 1. The van der Waals surface area contributed by atoms with Crippen LogP contribution in [0, 0.1) is 0 Å². The topological polar surface area (TPSA) is 24.5 Å². The number of anilines is 1. The Morgan fingerprint density at radius 3 is 2.78 bits per heavy atom. The Labute approximate surface area is 115 Å². The van der Waals surface area contributed by atoms with Gasteiger partial charge in [0.2, 0.25) is 0 Å². The molecule has 18 heavy (non-hydrogen) atoms. The highest BCUT2D eigenvalue weighted by atomic mass is 35.5. The molecule has 0 spiro atoms. The maximum atomic E-state index is 6.31. The van der Waals surface area contributed by atoms with E-state index in [1.165, 1.54) is 5.56 Å². The van der Waals surface area contributed by atoms with Gasteiger partial charge < -0.3 is 15.0 Å². The van der Waals surface area contributed by atoms with Gasteiger partial charge in [0.1, 0.15) is 0 Å². The largest absolute Gasteiger partial charge is 0.383 e. The molecule has 0 saturated carbocycles. The molecule has 0 radical (unpaired) electrons. The van der Waals surface area contributed by atoms with Gasteiger partial charge in [0.15, 0.2) is 0 Å². The van der Waals surface area contributed by atoms with E-state index < -0.39 is 0 Å². The zero-order valence-electron chi connectivity index (χ0n) is 11.5. The first-order valence-electron chi connectivity index (χ1n) is 6.38. The van der Waals surface area contributed by atoms with Crippen molar-refractivity contribution in [1.29, 1.82) is 0 Å². The fourth-order valence-corrected chi connectivity index (χ4v) is 2.18. The third-order valence-corrected chi connectivity index (χ3v) is 3.10. The molecule has 1 aromatic rings. The van der Waals surface area contributed by atoms with Gasteiger partial charge in [0.05, 0.1) is 17.3 Å². The van der Waals surface area contributed by atoms with Crippen LogP contribution in [0.3, 0.4) is 0 Å². The lowest BCUT2D eigenvalue weighted by atomic mass is 10.2. The predicted octanol–water partition coefficient (Wildman–Crippen LogP) is 2.92. The van der Waals surface area contributed by atoms with E-state index in [9.17, 15) is 0 Å². The van der Waals surface area contributed by atoms with E-state index in [0.29, 0.717) is 0 Å². The third kappa shape index (κ3) is 4.84. The molecular weight excluding hydrogens is 248 g/mol. The summed E-state index contributed by atoms with van der Waals surface area (Å²) >= 11 is 6.31. The van der Waals surface area contributed by atoms with Crippen molar-refractivity contribution < 1.29 is 4.74 Å². The molecule has 0 bridgehead atoms. The molecule has 3 nitrogen and oxygen atoms in total. The first kappa shape index (κ1) is 15.3. The summed E-state index contributed by atoms with van der Waals surface area (Å²) in [6, 6.07) is 6.24. The van der Waals surface area contributed by atoms with Gasteiger partial charge in [-0.1, -0.05) is 24.6 Å². The van der Waals surface area contributed by atoms with Crippen molar-refractivity contribution in [2.45, 2.75) is 19.9 Å². The minimum absolute atomic E-state index is 0.727. The van der Waals surface area contributed by atoms with Crippen LogP contribution >= 0.6 is 11.6 Å². The van der Waals surface area contributed by atoms with E-state index in [0.717, 1.165) is 43.4 Å². The molecular formula is C14H23ClN2O. The van der Waals surface area contributed by atoms with Crippen molar-refractivity contribution >= 4 is 17.3 Å². The van der Waals surface area contributed by atoms with Crippen LogP contribution in [-0.4, -0.2) is 33.9 Å². The van der Waals surface area contributed by atoms with Gasteiger partial charge in [-0.05, 0) is 24.1 Å². The Morgan fingerprint density at radius 2 is 2.17 bits per heavy atom. The van der Waals surface area contributed by atoms with Gasteiger partial charge in [0.25, 0.3) is 0 Å². The summed E-state index contributed by atoms with van der Waals surface area (Å²) in [5.41, 5.74) is 2.30. The Bertz CT molecular complexity index is 358. The monoisotopic (exact) mass is 270 g/mol. The number of halogens is 1. The van der Waals surface area contributed by atoms with Crippen molar-refractivity contribution in [2.24, 2.45) is 0 Å². The van der Waals surface area contributed by atoms with Crippen LogP contribution in [0.4, 0.5) is 5.69 Å². The summed E-state index contributed by atoms with van der Waals surface area (Å²) in [6.45, 7) is 5.58. The molecule has 102 valence electrons. The molecule has 0 aliphatic heterocycles. The second-order valence-corrected chi connectivity index (χ2v) is 4.78. The number of nitrogens with one attached hydrogen (secondary N) is 1. The first-order chi connectivity index (χ1) is 8.69. The third-order valence-electron chi connectivity index (χ3n) is 2.79. The second kappa shape index (κ2) is 8.35. The highest BCUT2D eigenvalue weighted by molar-refractivity contribution is 6.33.